The van der Waals surface area contributed by atoms with Crippen LogP contribution in [-0.4, -0.2) is 15.6 Å². The summed E-state index contributed by atoms with van der Waals surface area (Å²) in [6.45, 7) is 2.80. The average molecular weight is 327 g/mol. The largest absolute Gasteiger partial charge is 0.292 e. The maximum absolute atomic E-state index is 12.2. The van der Waals surface area contributed by atoms with Crippen molar-refractivity contribution in [3.8, 4) is 0 Å². The first-order valence-corrected chi connectivity index (χ1v) is 6.85. The van der Waals surface area contributed by atoms with Gasteiger partial charge < -0.3 is 0 Å². The third kappa shape index (κ3) is 3.09. The Morgan fingerprint density at radius 1 is 1.19 bits per heavy atom. The number of carbonyl (C=O) groups excluding carboxylic acids is 1. The summed E-state index contributed by atoms with van der Waals surface area (Å²) in [5, 5.41) is 2.99. The molecule has 0 bridgehead atoms. The van der Waals surface area contributed by atoms with E-state index in [1.165, 1.54) is 18.2 Å². The molecule has 0 unspecified atom stereocenters. The van der Waals surface area contributed by atoms with E-state index in [1.807, 2.05) is 0 Å². The van der Waals surface area contributed by atoms with E-state index in [0.29, 0.717) is 16.1 Å². The van der Waals surface area contributed by atoms with Gasteiger partial charge >= 0.3 is 0 Å². The molecule has 0 spiro atoms. The van der Waals surface area contributed by atoms with Gasteiger partial charge in [-0.3, -0.25) is 19.5 Å². The zero-order valence-electron chi connectivity index (χ0n) is 11.4. The van der Waals surface area contributed by atoms with E-state index in [9.17, 15) is 14.4 Å². The van der Waals surface area contributed by atoms with Crippen LogP contribution in [0.3, 0.4) is 0 Å². The molecule has 5 nitrogen and oxygen atoms in total. The van der Waals surface area contributed by atoms with Gasteiger partial charge in [-0.2, -0.15) is 0 Å². The molecule has 0 aliphatic rings. The zero-order valence-corrected chi connectivity index (χ0v) is 12.9. The van der Waals surface area contributed by atoms with Crippen molar-refractivity contribution in [2.45, 2.75) is 20.4 Å². The van der Waals surface area contributed by atoms with Crippen molar-refractivity contribution >= 4 is 29.0 Å². The van der Waals surface area contributed by atoms with Gasteiger partial charge in [-0.1, -0.05) is 23.2 Å². The first-order chi connectivity index (χ1) is 9.81. The fourth-order valence-corrected chi connectivity index (χ4v) is 2.36. The molecule has 2 aromatic rings. The standard InChI is InChI=1S/C14H12Cl2N2O3/c1-7-8(2)14(21)18(17-13(7)20)6-12(19)10-4-3-9(15)5-11(10)16/h3-5H,6H2,1-2H3,(H,17,20). The van der Waals surface area contributed by atoms with Gasteiger partial charge in [-0.15, -0.1) is 0 Å². The van der Waals surface area contributed by atoms with Crippen LogP contribution in [-0.2, 0) is 6.54 Å². The molecule has 0 amide bonds. The highest BCUT2D eigenvalue weighted by Gasteiger charge is 2.14. The minimum atomic E-state index is -0.412. The molecule has 1 aromatic heterocycles. The van der Waals surface area contributed by atoms with Crippen molar-refractivity contribution in [2.24, 2.45) is 0 Å². The molecular weight excluding hydrogens is 315 g/mol. The van der Waals surface area contributed by atoms with Crippen molar-refractivity contribution in [3.05, 3.63) is 65.6 Å². The third-order valence-corrected chi connectivity index (χ3v) is 3.79. The summed E-state index contributed by atoms with van der Waals surface area (Å²) in [5.74, 6) is -0.391. The maximum Gasteiger partial charge on any atom is 0.268 e. The summed E-state index contributed by atoms with van der Waals surface area (Å²) < 4.78 is 0.984. The van der Waals surface area contributed by atoms with Gasteiger partial charge in [0.2, 0.25) is 0 Å². The molecule has 0 radical (unpaired) electrons. The molecule has 0 saturated carbocycles. The Hall–Kier alpha value is -1.85. The van der Waals surface area contributed by atoms with E-state index in [1.54, 1.807) is 13.8 Å². The van der Waals surface area contributed by atoms with E-state index in [0.717, 1.165) is 4.68 Å². The molecule has 1 N–H and O–H groups in total. The first kappa shape index (κ1) is 15.5. The number of rotatable bonds is 3. The summed E-state index contributed by atoms with van der Waals surface area (Å²) in [6, 6.07) is 4.46. The van der Waals surface area contributed by atoms with Crippen LogP contribution in [0.5, 0.6) is 0 Å². The number of aromatic nitrogens is 2. The average Bonchev–Trinajstić information content (AvgIpc) is 2.42. The lowest BCUT2D eigenvalue weighted by Crippen LogP contribution is -2.35. The van der Waals surface area contributed by atoms with Crippen LogP contribution < -0.4 is 11.1 Å². The number of Topliss-reactive ketones (excluding diaryl/α,β-unsaturated/α-hetero) is 1. The summed E-state index contributed by atoms with van der Waals surface area (Å²) >= 11 is 11.7. The lowest BCUT2D eigenvalue weighted by molar-refractivity contribution is 0.0965. The lowest BCUT2D eigenvalue weighted by atomic mass is 10.1. The smallest absolute Gasteiger partial charge is 0.268 e. The van der Waals surface area contributed by atoms with Gasteiger partial charge in [0.25, 0.3) is 11.1 Å². The second-order valence-electron chi connectivity index (χ2n) is 4.63. The number of carbonyl (C=O) groups is 1. The molecule has 0 saturated heterocycles. The van der Waals surface area contributed by atoms with Crippen molar-refractivity contribution < 1.29 is 4.79 Å². The van der Waals surface area contributed by atoms with E-state index < -0.39 is 16.9 Å². The van der Waals surface area contributed by atoms with Gasteiger partial charge in [-0.05, 0) is 32.0 Å². The second-order valence-corrected chi connectivity index (χ2v) is 5.47. The van der Waals surface area contributed by atoms with Crippen LogP contribution in [0, 0.1) is 13.8 Å². The quantitative estimate of drug-likeness (QED) is 0.880. The van der Waals surface area contributed by atoms with Crippen LogP contribution in [0.2, 0.25) is 10.0 Å². The number of nitrogens with zero attached hydrogens (tertiary/aromatic N) is 1. The predicted molar refractivity (Wildman–Crippen MR) is 81.6 cm³/mol. The van der Waals surface area contributed by atoms with Crippen molar-refractivity contribution in [1.29, 1.82) is 0 Å². The summed E-state index contributed by atoms with van der Waals surface area (Å²) in [6.07, 6.45) is 0. The Bertz CT molecular complexity index is 837. The van der Waals surface area contributed by atoms with Crippen LogP contribution in [0.15, 0.2) is 27.8 Å². The monoisotopic (exact) mass is 326 g/mol. The van der Waals surface area contributed by atoms with Gasteiger partial charge in [0, 0.05) is 21.7 Å². The van der Waals surface area contributed by atoms with E-state index in [2.05, 4.69) is 5.10 Å². The highest BCUT2D eigenvalue weighted by Crippen LogP contribution is 2.21. The Labute approximate surface area is 130 Å². The molecule has 0 fully saturated rings. The van der Waals surface area contributed by atoms with Crippen LogP contribution >= 0.6 is 23.2 Å². The van der Waals surface area contributed by atoms with Crippen molar-refractivity contribution in [2.75, 3.05) is 0 Å². The van der Waals surface area contributed by atoms with Crippen LogP contribution in [0.1, 0.15) is 21.5 Å². The Morgan fingerprint density at radius 3 is 2.48 bits per heavy atom. The SMILES string of the molecule is Cc1c(C)c(=O)n(CC(=O)c2ccc(Cl)cc2Cl)[nH]c1=O. The molecule has 21 heavy (non-hydrogen) atoms. The number of ketones is 1. The van der Waals surface area contributed by atoms with E-state index in [4.69, 9.17) is 23.2 Å². The summed E-state index contributed by atoms with van der Waals surface area (Å²) in [5.41, 5.74) is 0.0849. The third-order valence-electron chi connectivity index (χ3n) is 3.24. The van der Waals surface area contributed by atoms with Gasteiger partial charge in [0.15, 0.2) is 5.78 Å². The van der Waals surface area contributed by atoms with E-state index in [-0.39, 0.29) is 17.1 Å². The summed E-state index contributed by atoms with van der Waals surface area (Å²) in [7, 11) is 0. The van der Waals surface area contributed by atoms with Crippen molar-refractivity contribution in [1.82, 2.24) is 9.78 Å². The molecule has 110 valence electrons. The minimum absolute atomic E-state index is 0.201. The number of hydrogen-bond acceptors (Lipinski definition) is 3. The molecule has 7 heteroatoms. The minimum Gasteiger partial charge on any atom is -0.292 e. The highest BCUT2D eigenvalue weighted by atomic mass is 35.5. The highest BCUT2D eigenvalue weighted by molar-refractivity contribution is 6.36. The zero-order chi connectivity index (χ0) is 15.7. The number of H-pyrrole nitrogens is 1. The summed E-state index contributed by atoms with van der Waals surface area (Å²) in [4.78, 5) is 35.9. The van der Waals surface area contributed by atoms with Crippen molar-refractivity contribution in [3.63, 3.8) is 0 Å². The Kier molecular flexibility index (Phi) is 4.34. The maximum atomic E-state index is 12.2. The topological polar surface area (TPSA) is 71.9 Å². The van der Waals surface area contributed by atoms with Crippen LogP contribution in [0.4, 0.5) is 0 Å². The normalized spacial score (nSPS) is 10.7. The molecule has 1 heterocycles. The van der Waals surface area contributed by atoms with Gasteiger partial charge in [-0.25, -0.2) is 4.68 Å². The predicted octanol–water partition coefficient (Wildman–Crippen LogP) is 2.34. The number of halogens is 2. The molecule has 2 rings (SSSR count). The molecule has 0 aliphatic carbocycles. The Morgan fingerprint density at radius 2 is 1.86 bits per heavy atom. The first-order valence-electron chi connectivity index (χ1n) is 6.10. The fraction of sp³-hybridized carbons (Fsp3) is 0.214. The lowest BCUT2D eigenvalue weighted by Gasteiger charge is -2.08. The molecule has 0 atom stereocenters. The van der Waals surface area contributed by atoms with Gasteiger partial charge in [0.1, 0.15) is 6.54 Å². The van der Waals surface area contributed by atoms with Crippen LogP contribution in [0.25, 0.3) is 0 Å². The van der Waals surface area contributed by atoms with E-state index >= 15 is 0 Å². The number of hydrogen-bond donors (Lipinski definition) is 1. The number of benzene rings is 1. The number of nitrogens with one attached hydrogen (secondary N) is 1. The number of aromatic amines is 1. The molecule has 0 aliphatic heterocycles. The second kappa shape index (κ2) is 5.87. The Balaban J connectivity index is 2.41. The molecule has 1 aromatic carbocycles. The fourth-order valence-electron chi connectivity index (χ4n) is 1.85. The van der Waals surface area contributed by atoms with Gasteiger partial charge in [0.05, 0.1) is 5.02 Å². The molecular formula is C14H12Cl2N2O3.